The number of hydrogen-bond donors (Lipinski definition) is 1. The third-order valence-corrected chi connectivity index (χ3v) is 3.38. The summed E-state index contributed by atoms with van der Waals surface area (Å²) < 4.78 is 26.6. The first-order valence-corrected chi connectivity index (χ1v) is 6.00. The Kier molecular flexibility index (Phi) is 4.07. The molecule has 1 saturated carbocycles. The summed E-state index contributed by atoms with van der Waals surface area (Å²) in [6.07, 6.45) is 3.34. The lowest BCUT2D eigenvalue weighted by Gasteiger charge is -2.37. The van der Waals surface area contributed by atoms with Gasteiger partial charge in [0.2, 0.25) is 0 Å². The minimum Gasteiger partial charge on any atom is -0.395 e. The van der Waals surface area contributed by atoms with Gasteiger partial charge >= 0.3 is 0 Å². The van der Waals surface area contributed by atoms with E-state index in [-0.39, 0.29) is 6.61 Å². The van der Waals surface area contributed by atoms with E-state index in [1.54, 1.807) is 6.07 Å². The topological polar surface area (TPSA) is 23.5 Å². The van der Waals surface area contributed by atoms with Gasteiger partial charge in [0.15, 0.2) is 11.6 Å². The van der Waals surface area contributed by atoms with Gasteiger partial charge in [0, 0.05) is 24.7 Å². The normalized spacial score (nSPS) is 16.2. The molecule has 0 aliphatic heterocycles. The van der Waals surface area contributed by atoms with Crippen molar-refractivity contribution < 1.29 is 13.9 Å². The van der Waals surface area contributed by atoms with Crippen LogP contribution in [0.3, 0.4) is 0 Å². The lowest BCUT2D eigenvalue weighted by Crippen LogP contribution is -2.41. The van der Waals surface area contributed by atoms with Gasteiger partial charge in [-0.15, -0.1) is 0 Å². The van der Waals surface area contributed by atoms with Gasteiger partial charge in [-0.2, -0.15) is 0 Å². The number of aliphatic hydroxyl groups excluding tert-OH is 1. The van der Waals surface area contributed by atoms with Gasteiger partial charge in [0.25, 0.3) is 0 Å². The second kappa shape index (κ2) is 5.56. The minimum atomic E-state index is -0.806. The molecule has 2 rings (SSSR count). The fourth-order valence-corrected chi connectivity index (χ4v) is 2.16. The highest BCUT2D eigenvalue weighted by Crippen LogP contribution is 2.26. The van der Waals surface area contributed by atoms with Crippen LogP contribution in [0.2, 0.25) is 0 Å². The van der Waals surface area contributed by atoms with E-state index in [0.29, 0.717) is 24.7 Å². The van der Waals surface area contributed by atoms with Gasteiger partial charge in [-0.05, 0) is 18.9 Å². The van der Waals surface area contributed by atoms with Crippen molar-refractivity contribution in [1.29, 1.82) is 0 Å². The van der Waals surface area contributed by atoms with Crippen LogP contribution in [-0.4, -0.2) is 29.2 Å². The zero-order valence-corrected chi connectivity index (χ0v) is 9.70. The Morgan fingerprint density at radius 2 is 2.06 bits per heavy atom. The van der Waals surface area contributed by atoms with Crippen LogP contribution < -0.4 is 0 Å². The molecule has 0 amide bonds. The van der Waals surface area contributed by atoms with E-state index in [1.165, 1.54) is 12.5 Å². The highest BCUT2D eigenvalue weighted by molar-refractivity contribution is 5.19. The summed E-state index contributed by atoms with van der Waals surface area (Å²) in [5.41, 5.74) is 0.366. The Morgan fingerprint density at radius 1 is 1.29 bits per heavy atom. The molecule has 1 aromatic rings. The second-order valence-electron chi connectivity index (χ2n) is 4.49. The van der Waals surface area contributed by atoms with Crippen molar-refractivity contribution in [3.63, 3.8) is 0 Å². The third-order valence-electron chi connectivity index (χ3n) is 3.38. The highest BCUT2D eigenvalue weighted by Gasteiger charge is 2.25. The van der Waals surface area contributed by atoms with Gasteiger partial charge in [0.05, 0.1) is 6.61 Å². The molecule has 0 unspecified atom stereocenters. The standard InChI is InChI=1S/C13H17F2NO/c14-12-6-1-3-10(13(12)15)9-16(7-8-17)11-4-2-5-11/h1,3,6,11,17H,2,4-5,7-9H2. The zero-order chi connectivity index (χ0) is 12.3. The molecule has 0 saturated heterocycles. The molecule has 1 aromatic carbocycles. The average Bonchev–Trinajstić information content (AvgIpc) is 2.22. The molecule has 0 heterocycles. The summed E-state index contributed by atoms with van der Waals surface area (Å²) in [6, 6.07) is 4.65. The van der Waals surface area contributed by atoms with Crippen molar-refractivity contribution in [3.05, 3.63) is 35.4 Å². The van der Waals surface area contributed by atoms with Gasteiger partial charge in [-0.1, -0.05) is 18.6 Å². The predicted molar refractivity (Wildman–Crippen MR) is 61.5 cm³/mol. The molecule has 1 fully saturated rings. The Morgan fingerprint density at radius 3 is 2.65 bits per heavy atom. The van der Waals surface area contributed by atoms with Crippen molar-refractivity contribution in [2.45, 2.75) is 31.8 Å². The predicted octanol–water partition coefficient (Wildman–Crippen LogP) is 2.31. The highest BCUT2D eigenvalue weighted by atomic mass is 19.2. The Balaban J connectivity index is 2.08. The minimum absolute atomic E-state index is 0.0490. The van der Waals surface area contributed by atoms with E-state index in [2.05, 4.69) is 0 Å². The molecule has 17 heavy (non-hydrogen) atoms. The maximum Gasteiger partial charge on any atom is 0.163 e. The largest absolute Gasteiger partial charge is 0.395 e. The molecule has 0 atom stereocenters. The van der Waals surface area contributed by atoms with E-state index < -0.39 is 11.6 Å². The Hall–Kier alpha value is -1.00. The van der Waals surface area contributed by atoms with Crippen LogP contribution in [0.1, 0.15) is 24.8 Å². The summed E-state index contributed by atoms with van der Waals surface area (Å²) in [6.45, 7) is 0.933. The number of aliphatic hydroxyl groups is 1. The molecule has 0 spiro atoms. The Bertz CT molecular complexity index is 380. The van der Waals surface area contributed by atoms with Crippen LogP contribution in [0.25, 0.3) is 0 Å². The second-order valence-corrected chi connectivity index (χ2v) is 4.49. The summed E-state index contributed by atoms with van der Waals surface area (Å²) in [5, 5.41) is 9.00. The molecule has 0 bridgehead atoms. The first kappa shape index (κ1) is 12.5. The van der Waals surface area contributed by atoms with Crippen LogP contribution in [0, 0.1) is 11.6 Å². The number of hydrogen-bond acceptors (Lipinski definition) is 2. The van der Waals surface area contributed by atoms with Crippen molar-refractivity contribution in [2.24, 2.45) is 0 Å². The summed E-state index contributed by atoms with van der Waals surface area (Å²) in [7, 11) is 0. The molecular weight excluding hydrogens is 224 g/mol. The first-order valence-electron chi connectivity index (χ1n) is 6.00. The van der Waals surface area contributed by atoms with Crippen LogP contribution >= 0.6 is 0 Å². The molecule has 0 aromatic heterocycles. The van der Waals surface area contributed by atoms with Crippen molar-refractivity contribution in [1.82, 2.24) is 4.90 Å². The van der Waals surface area contributed by atoms with Gasteiger partial charge in [-0.25, -0.2) is 8.78 Å². The lowest BCUT2D eigenvalue weighted by molar-refractivity contribution is 0.0932. The molecule has 1 aliphatic carbocycles. The Labute approximate surface area is 99.9 Å². The van der Waals surface area contributed by atoms with E-state index in [1.807, 2.05) is 4.90 Å². The third kappa shape index (κ3) is 2.82. The monoisotopic (exact) mass is 241 g/mol. The zero-order valence-electron chi connectivity index (χ0n) is 9.70. The van der Waals surface area contributed by atoms with Gasteiger partial charge < -0.3 is 5.11 Å². The molecule has 4 heteroatoms. The fraction of sp³-hybridized carbons (Fsp3) is 0.538. The van der Waals surface area contributed by atoms with Gasteiger partial charge in [0.1, 0.15) is 0 Å². The van der Waals surface area contributed by atoms with Crippen LogP contribution in [0.15, 0.2) is 18.2 Å². The number of nitrogens with zero attached hydrogens (tertiary/aromatic N) is 1. The summed E-state index contributed by atoms with van der Waals surface area (Å²) in [5.74, 6) is -1.57. The SMILES string of the molecule is OCCN(Cc1cccc(F)c1F)C1CCC1. The molecule has 2 nitrogen and oxygen atoms in total. The van der Waals surface area contributed by atoms with E-state index in [4.69, 9.17) is 5.11 Å². The maximum atomic E-state index is 13.5. The maximum absolute atomic E-state index is 13.5. The summed E-state index contributed by atoms with van der Waals surface area (Å²) >= 11 is 0. The molecule has 94 valence electrons. The van der Waals surface area contributed by atoms with Crippen LogP contribution in [-0.2, 0) is 6.54 Å². The molecule has 1 N–H and O–H groups in total. The molecule has 1 aliphatic rings. The molecular formula is C13H17F2NO. The fourth-order valence-electron chi connectivity index (χ4n) is 2.16. The van der Waals surface area contributed by atoms with Crippen molar-refractivity contribution in [2.75, 3.05) is 13.2 Å². The smallest absolute Gasteiger partial charge is 0.163 e. The quantitative estimate of drug-likeness (QED) is 0.855. The van der Waals surface area contributed by atoms with Crippen molar-refractivity contribution in [3.8, 4) is 0 Å². The number of benzene rings is 1. The van der Waals surface area contributed by atoms with Crippen molar-refractivity contribution >= 4 is 0 Å². The molecule has 0 radical (unpaired) electrons. The number of halogens is 2. The lowest BCUT2D eigenvalue weighted by atomic mass is 9.91. The number of rotatable bonds is 5. The van der Waals surface area contributed by atoms with E-state index >= 15 is 0 Å². The van der Waals surface area contributed by atoms with E-state index in [9.17, 15) is 8.78 Å². The average molecular weight is 241 g/mol. The van der Waals surface area contributed by atoms with E-state index in [0.717, 1.165) is 18.9 Å². The van der Waals surface area contributed by atoms with Crippen LogP contribution in [0.4, 0.5) is 8.78 Å². The van der Waals surface area contributed by atoms with Gasteiger partial charge in [-0.3, -0.25) is 4.90 Å². The summed E-state index contributed by atoms with van der Waals surface area (Å²) in [4.78, 5) is 2.03. The first-order chi connectivity index (χ1) is 8.22. The van der Waals surface area contributed by atoms with Crippen LogP contribution in [0.5, 0.6) is 0 Å².